The first-order valence-corrected chi connectivity index (χ1v) is 8.52. The highest BCUT2D eigenvalue weighted by Gasteiger charge is 2.26. The van der Waals surface area contributed by atoms with Gasteiger partial charge in [-0.2, -0.15) is 0 Å². The molecule has 0 aliphatic carbocycles. The molecule has 0 atom stereocenters. The van der Waals surface area contributed by atoms with Crippen LogP contribution in [-0.2, 0) is 0 Å². The summed E-state index contributed by atoms with van der Waals surface area (Å²) in [5.41, 5.74) is 2.36. The summed E-state index contributed by atoms with van der Waals surface area (Å²) in [7, 11) is 3.88. The van der Waals surface area contributed by atoms with Gasteiger partial charge in [0.1, 0.15) is 5.69 Å². The molecule has 1 aliphatic rings. The summed E-state index contributed by atoms with van der Waals surface area (Å²) in [4.78, 5) is 29.4. The Labute approximate surface area is 152 Å². The zero-order chi connectivity index (χ0) is 18.7. The number of piperazine rings is 1. The van der Waals surface area contributed by atoms with Crippen LogP contribution in [-0.4, -0.2) is 56.0 Å². The summed E-state index contributed by atoms with van der Waals surface area (Å²) >= 11 is 0. The van der Waals surface area contributed by atoms with E-state index in [2.05, 4.69) is 0 Å². The number of anilines is 2. The van der Waals surface area contributed by atoms with Crippen LogP contribution in [0.2, 0.25) is 0 Å². The van der Waals surface area contributed by atoms with Crippen LogP contribution in [0.25, 0.3) is 0 Å². The van der Waals surface area contributed by atoms with Crippen molar-refractivity contribution in [1.82, 2.24) is 4.90 Å². The number of rotatable bonds is 4. The van der Waals surface area contributed by atoms with Gasteiger partial charge in [-0.05, 0) is 24.3 Å². The zero-order valence-corrected chi connectivity index (χ0v) is 15.0. The summed E-state index contributed by atoms with van der Waals surface area (Å²) in [6.45, 7) is 2.22. The summed E-state index contributed by atoms with van der Waals surface area (Å²) in [6, 6.07) is 14.3. The maximum absolute atomic E-state index is 12.8. The standard InChI is InChI=1S/C19H22N4O3/c1-20(2)16-7-5-6-15(14-16)19(24)22-12-10-21(11-13-22)17-8-3-4-9-18(17)23(25)26/h3-9,14H,10-13H2,1-2H3. The fraction of sp³-hybridized carbons (Fsp3) is 0.316. The second-order valence-corrected chi connectivity index (χ2v) is 6.47. The van der Waals surface area contributed by atoms with Crippen molar-refractivity contribution in [3.63, 3.8) is 0 Å². The van der Waals surface area contributed by atoms with Gasteiger partial charge in [-0.3, -0.25) is 14.9 Å². The average Bonchev–Trinajstić information content (AvgIpc) is 2.67. The number of nitrogens with zero attached hydrogens (tertiary/aromatic N) is 4. The minimum atomic E-state index is -0.362. The van der Waals surface area contributed by atoms with E-state index in [0.29, 0.717) is 37.4 Å². The zero-order valence-electron chi connectivity index (χ0n) is 15.0. The number of nitro benzene ring substituents is 1. The highest BCUT2D eigenvalue weighted by molar-refractivity contribution is 5.95. The maximum Gasteiger partial charge on any atom is 0.292 e. The Morgan fingerprint density at radius 1 is 1.04 bits per heavy atom. The molecule has 2 aromatic rings. The van der Waals surface area contributed by atoms with Gasteiger partial charge in [-0.15, -0.1) is 0 Å². The molecule has 3 rings (SSSR count). The average molecular weight is 354 g/mol. The third-order valence-electron chi connectivity index (χ3n) is 4.60. The van der Waals surface area contributed by atoms with Crippen LogP contribution in [0.3, 0.4) is 0 Å². The van der Waals surface area contributed by atoms with Crippen LogP contribution in [0.1, 0.15) is 10.4 Å². The van der Waals surface area contributed by atoms with Crippen molar-refractivity contribution in [2.75, 3.05) is 50.1 Å². The Morgan fingerprint density at radius 3 is 2.38 bits per heavy atom. The molecule has 1 amide bonds. The molecule has 0 unspecified atom stereocenters. The molecule has 0 bridgehead atoms. The molecule has 2 aromatic carbocycles. The highest BCUT2D eigenvalue weighted by Crippen LogP contribution is 2.28. The van der Waals surface area contributed by atoms with Crippen molar-refractivity contribution in [3.05, 3.63) is 64.2 Å². The minimum Gasteiger partial charge on any atom is -0.378 e. The Kier molecular flexibility index (Phi) is 5.06. The van der Waals surface area contributed by atoms with Gasteiger partial charge in [-0.1, -0.05) is 18.2 Å². The van der Waals surface area contributed by atoms with Crippen molar-refractivity contribution in [2.24, 2.45) is 0 Å². The van der Waals surface area contributed by atoms with Gasteiger partial charge in [-0.25, -0.2) is 0 Å². The van der Waals surface area contributed by atoms with E-state index < -0.39 is 0 Å². The van der Waals surface area contributed by atoms with Gasteiger partial charge in [0.05, 0.1) is 4.92 Å². The Morgan fingerprint density at radius 2 is 1.73 bits per heavy atom. The third-order valence-corrected chi connectivity index (χ3v) is 4.60. The molecule has 7 heteroatoms. The molecule has 136 valence electrons. The molecule has 0 spiro atoms. The van der Waals surface area contributed by atoms with E-state index in [4.69, 9.17) is 0 Å². The molecular weight excluding hydrogens is 332 g/mol. The first-order chi connectivity index (χ1) is 12.5. The quantitative estimate of drug-likeness (QED) is 0.624. The van der Waals surface area contributed by atoms with Crippen LogP contribution >= 0.6 is 0 Å². The molecule has 0 saturated carbocycles. The molecule has 1 saturated heterocycles. The lowest BCUT2D eigenvalue weighted by atomic mass is 10.1. The smallest absolute Gasteiger partial charge is 0.292 e. The third kappa shape index (κ3) is 3.61. The van der Waals surface area contributed by atoms with Crippen molar-refractivity contribution < 1.29 is 9.72 Å². The van der Waals surface area contributed by atoms with E-state index in [-0.39, 0.29) is 16.5 Å². The maximum atomic E-state index is 12.8. The predicted molar refractivity (Wildman–Crippen MR) is 102 cm³/mol. The topological polar surface area (TPSA) is 69.9 Å². The number of nitro groups is 1. The van der Waals surface area contributed by atoms with E-state index in [9.17, 15) is 14.9 Å². The molecular formula is C19H22N4O3. The summed E-state index contributed by atoms with van der Waals surface area (Å²) in [5.74, 6) is -0.00379. The van der Waals surface area contributed by atoms with Gasteiger partial charge in [0.25, 0.3) is 11.6 Å². The van der Waals surface area contributed by atoms with Crippen molar-refractivity contribution in [3.8, 4) is 0 Å². The van der Waals surface area contributed by atoms with Gasteiger partial charge in [0.2, 0.25) is 0 Å². The molecule has 26 heavy (non-hydrogen) atoms. The molecule has 1 heterocycles. The number of amides is 1. The lowest BCUT2D eigenvalue weighted by Crippen LogP contribution is -2.49. The van der Waals surface area contributed by atoms with Crippen molar-refractivity contribution >= 4 is 23.0 Å². The predicted octanol–water partition coefficient (Wildman–Crippen LogP) is 2.62. The second-order valence-electron chi connectivity index (χ2n) is 6.47. The lowest BCUT2D eigenvalue weighted by molar-refractivity contribution is -0.384. The minimum absolute atomic E-state index is 0.00379. The van der Waals surface area contributed by atoms with Crippen molar-refractivity contribution in [2.45, 2.75) is 0 Å². The molecule has 0 aromatic heterocycles. The van der Waals surface area contributed by atoms with E-state index in [1.165, 1.54) is 6.07 Å². The lowest BCUT2D eigenvalue weighted by Gasteiger charge is -2.36. The number of para-hydroxylation sites is 2. The number of carbonyl (C=O) groups is 1. The number of carbonyl (C=O) groups excluding carboxylic acids is 1. The normalized spacial score (nSPS) is 14.2. The van der Waals surface area contributed by atoms with Crippen LogP contribution in [0, 0.1) is 10.1 Å². The summed E-state index contributed by atoms with van der Waals surface area (Å²) < 4.78 is 0. The summed E-state index contributed by atoms with van der Waals surface area (Å²) in [6.07, 6.45) is 0. The number of hydrogen-bond donors (Lipinski definition) is 0. The monoisotopic (exact) mass is 354 g/mol. The molecule has 1 fully saturated rings. The SMILES string of the molecule is CN(C)c1cccc(C(=O)N2CCN(c3ccccc3[N+](=O)[O-])CC2)c1. The van der Waals surface area contributed by atoms with Gasteiger partial charge in [0.15, 0.2) is 0 Å². The summed E-state index contributed by atoms with van der Waals surface area (Å²) in [5, 5.41) is 11.2. The Balaban J connectivity index is 1.70. The fourth-order valence-corrected chi connectivity index (χ4v) is 3.14. The highest BCUT2D eigenvalue weighted by atomic mass is 16.6. The van der Waals surface area contributed by atoms with Crippen LogP contribution in [0.5, 0.6) is 0 Å². The molecule has 7 nitrogen and oxygen atoms in total. The molecule has 1 aliphatic heterocycles. The van der Waals surface area contributed by atoms with Crippen LogP contribution < -0.4 is 9.80 Å². The largest absolute Gasteiger partial charge is 0.378 e. The Hall–Kier alpha value is -3.09. The van der Waals surface area contributed by atoms with Gasteiger partial charge < -0.3 is 14.7 Å². The number of benzene rings is 2. The van der Waals surface area contributed by atoms with E-state index in [1.807, 2.05) is 48.2 Å². The number of hydrogen-bond acceptors (Lipinski definition) is 5. The van der Waals surface area contributed by atoms with Crippen LogP contribution in [0.4, 0.5) is 17.1 Å². The Bertz CT molecular complexity index is 814. The molecule has 0 radical (unpaired) electrons. The second kappa shape index (κ2) is 7.43. The molecule has 0 N–H and O–H groups in total. The van der Waals surface area contributed by atoms with E-state index in [1.54, 1.807) is 23.1 Å². The van der Waals surface area contributed by atoms with E-state index in [0.717, 1.165) is 5.69 Å². The fourth-order valence-electron chi connectivity index (χ4n) is 3.14. The first-order valence-electron chi connectivity index (χ1n) is 8.52. The first kappa shape index (κ1) is 17.7. The van der Waals surface area contributed by atoms with Gasteiger partial charge >= 0.3 is 0 Å². The van der Waals surface area contributed by atoms with Gasteiger partial charge in [0, 0.05) is 57.6 Å². The van der Waals surface area contributed by atoms with Crippen molar-refractivity contribution in [1.29, 1.82) is 0 Å². The van der Waals surface area contributed by atoms with E-state index >= 15 is 0 Å². The van der Waals surface area contributed by atoms with Crippen LogP contribution in [0.15, 0.2) is 48.5 Å².